The van der Waals surface area contributed by atoms with Crippen LogP contribution in [0.25, 0.3) is 10.9 Å². The number of ether oxygens (including phenoxy) is 2. The number of fused-ring (bicyclic) bond motifs is 1. The van der Waals surface area contributed by atoms with E-state index in [1.54, 1.807) is 0 Å². The topological polar surface area (TPSA) is 221 Å². The van der Waals surface area contributed by atoms with E-state index < -0.39 is 36.0 Å². The number of aliphatic carboxylic acids is 3. The lowest BCUT2D eigenvalue weighted by atomic mass is 10.1. The lowest BCUT2D eigenvalue weighted by Crippen LogP contribution is -2.34. The molecule has 0 aliphatic rings. The maximum Gasteiger partial charge on any atom is 0.322 e. The minimum atomic E-state index is -1.04. The quantitative estimate of drug-likeness (QED) is 0.0978. The molecule has 9 N–H and O–H groups in total. The second-order valence-corrected chi connectivity index (χ2v) is 11.2. The molecule has 0 spiro atoms. The van der Waals surface area contributed by atoms with Crippen molar-refractivity contribution in [3.05, 3.63) is 144 Å². The molecule has 3 atom stereocenters. The molecule has 5 aromatic rings. The van der Waals surface area contributed by atoms with Gasteiger partial charge in [-0.1, -0.05) is 97.1 Å². The van der Waals surface area contributed by atoms with Crippen LogP contribution in [0.4, 0.5) is 0 Å². The van der Waals surface area contributed by atoms with Gasteiger partial charge < -0.3 is 42.0 Å². The number of aromatic nitrogens is 1. The molecule has 0 unspecified atom stereocenters. The summed E-state index contributed by atoms with van der Waals surface area (Å²) in [5.74, 6) is -2.29. The zero-order valence-corrected chi connectivity index (χ0v) is 27.4. The Morgan fingerprint density at radius 3 is 1.66 bits per heavy atom. The van der Waals surface area contributed by atoms with E-state index in [2.05, 4.69) is 4.98 Å². The van der Waals surface area contributed by atoms with Crippen LogP contribution in [0.3, 0.4) is 0 Å². The largest absolute Gasteiger partial charge is 0.489 e. The molecular formula is C38H42N4O8. The molecule has 0 saturated carbocycles. The number of rotatable bonds is 14. The molecule has 1 heterocycles. The fraction of sp³-hybridized carbons (Fsp3) is 0.211. The van der Waals surface area contributed by atoms with Crippen molar-refractivity contribution >= 4 is 28.8 Å². The van der Waals surface area contributed by atoms with Gasteiger partial charge in [0.2, 0.25) is 0 Å². The minimum absolute atomic E-state index is 0.0320. The van der Waals surface area contributed by atoms with Crippen LogP contribution in [0.1, 0.15) is 22.4 Å². The third-order valence-corrected chi connectivity index (χ3v) is 7.07. The summed E-state index contributed by atoms with van der Waals surface area (Å²) < 4.78 is 10.8. The molecule has 0 fully saturated rings. The van der Waals surface area contributed by atoms with E-state index in [-0.39, 0.29) is 13.0 Å². The number of nitrogens with two attached hydrogens (primary N) is 3. The standard InChI is InChI=1S/C16H17NO3.C12H12N2O2.C10H13NO3/c17-15(16(18)19)10-12-6-8-14(9-7-12)20-11-13-4-2-1-3-5-13;13-10(12(15)16)7-9-6-5-8-3-1-2-4-11(8)14-9;11-9(10(12)13)7-14-6-8-4-2-1-3-5-8/h1-9,15H,10-11,17H2,(H,18,19);1-6,10H,7,13H2,(H,15,16);1-5,9H,6-7,11H2,(H,12,13)/t15-;10-;9-/m000/s1. The molecule has 50 heavy (non-hydrogen) atoms. The molecule has 0 amide bonds. The first kappa shape index (κ1) is 38.8. The molecule has 1 aromatic heterocycles. The van der Waals surface area contributed by atoms with Gasteiger partial charge in [-0.05, 0) is 47.4 Å². The Labute approximate surface area is 290 Å². The van der Waals surface area contributed by atoms with Crippen molar-refractivity contribution in [2.75, 3.05) is 6.61 Å². The first-order chi connectivity index (χ1) is 24.0. The van der Waals surface area contributed by atoms with Crippen LogP contribution in [-0.2, 0) is 45.2 Å². The SMILES string of the molecule is N[C@@H](COCc1ccccc1)C(=O)O.N[C@@H](Cc1ccc(OCc2ccccc2)cc1)C(=O)O.N[C@@H](Cc1ccc2ccccc2n1)C(=O)O. The van der Waals surface area contributed by atoms with E-state index in [0.29, 0.717) is 25.3 Å². The van der Waals surface area contributed by atoms with Gasteiger partial charge in [0.05, 0.1) is 18.7 Å². The molecule has 12 nitrogen and oxygen atoms in total. The Morgan fingerprint density at radius 1 is 0.560 bits per heavy atom. The number of para-hydroxylation sites is 1. The number of carbonyl (C=O) groups is 3. The van der Waals surface area contributed by atoms with Gasteiger partial charge in [0.25, 0.3) is 0 Å². The highest BCUT2D eigenvalue weighted by molar-refractivity contribution is 5.79. The van der Waals surface area contributed by atoms with Gasteiger partial charge in [-0.15, -0.1) is 0 Å². The molecule has 4 aromatic carbocycles. The van der Waals surface area contributed by atoms with Crippen LogP contribution in [0.2, 0.25) is 0 Å². The average molecular weight is 683 g/mol. The van der Waals surface area contributed by atoms with Crippen LogP contribution in [0.15, 0.2) is 121 Å². The van der Waals surface area contributed by atoms with Gasteiger partial charge in [-0.25, -0.2) is 0 Å². The second-order valence-electron chi connectivity index (χ2n) is 11.2. The summed E-state index contributed by atoms with van der Waals surface area (Å²) >= 11 is 0. The highest BCUT2D eigenvalue weighted by Gasteiger charge is 2.14. The van der Waals surface area contributed by atoms with Gasteiger partial charge in [0, 0.05) is 17.5 Å². The lowest BCUT2D eigenvalue weighted by Gasteiger charge is -2.09. The highest BCUT2D eigenvalue weighted by Crippen LogP contribution is 2.15. The van der Waals surface area contributed by atoms with E-state index >= 15 is 0 Å². The maximum absolute atomic E-state index is 10.7. The Kier molecular flexibility index (Phi) is 16.0. The molecule has 0 aliphatic heterocycles. The van der Waals surface area contributed by atoms with Gasteiger partial charge in [-0.2, -0.15) is 0 Å². The van der Waals surface area contributed by atoms with Crippen LogP contribution in [0.5, 0.6) is 5.75 Å². The van der Waals surface area contributed by atoms with E-state index in [9.17, 15) is 14.4 Å². The summed E-state index contributed by atoms with van der Waals surface area (Å²) in [6.07, 6.45) is 0.564. The van der Waals surface area contributed by atoms with E-state index in [1.807, 2.05) is 121 Å². The summed E-state index contributed by atoms with van der Waals surface area (Å²) in [6.45, 7) is 0.931. The predicted molar refractivity (Wildman–Crippen MR) is 189 cm³/mol. The number of carboxylic acids is 3. The molecule has 262 valence electrons. The van der Waals surface area contributed by atoms with Crippen molar-refractivity contribution in [2.45, 2.75) is 44.2 Å². The van der Waals surface area contributed by atoms with Gasteiger partial charge >= 0.3 is 17.9 Å². The first-order valence-electron chi connectivity index (χ1n) is 15.7. The second kappa shape index (κ2) is 20.6. The van der Waals surface area contributed by atoms with Gasteiger partial charge in [0.1, 0.15) is 30.5 Å². The van der Waals surface area contributed by atoms with Crippen LogP contribution in [-0.4, -0.2) is 62.9 Å². The number of carboxylic acid groups (broad SMARTS) is 3. The number of hydrogen-bond acceptors (Lipinski definition) is 9. The van der Waals surface area contributed by atoms with Gasteiger partial charge in [-0.3, -0.25) is 19.4 Å². The Balaban J connectivity index is 0.000000207. The van der Waals surface area contributed by atoms with Crippen LogP contribution < -0.4 is 21.9 Å². The lowest BCUT2D eigenvalue weighted by molar-refractivity contribution is -0.140. The molecule has 5 rings (SSSR count). The monoisotopic (exact) mass is 682 g/mol. The van der Waals surface area contributed by atoms with E-state index in [0.717, 1.165) is 33.3 Å². The number of benzene rings is 4. The fourth-order valence-corrected chi connectivity index (χ4v) is 4.29. The van der Waals surface area contributed by atoms with E-state index in [4.69, 9.17) is 42.0 Å². The Morgan fingerprint density at radius 2 is 1.08 bits per heavy atom. The number of hydrogen-bond donors (Lipinski definition) is 6. The predicted octanol–water partition coefficient (Wildman–Crippen LogP) is 4.02. The smallest absolute Gasteiger partial charge is 0.322 e. The molecule has 0 bridgehead atoms. The maximum atomic E-state index is 10.7. The third kappa shape index (κ3) is 14.2. The zero-order chi connectivity index (χ0) is 36.3. The fourth-order valence-electron chi connectivity index (χ4n) is 4.29. The zero-order valence-electron chi connectivity index (χ0n) is 27.4. The van der Waals surface area contributed by atoms with Crippen molar-refractivity contribution in [1.82, 2.24) is 4.98 Å². The number of nitrogens with zero attached hydrogens (tertiary/aromatic N) is 1. The summed E-state index contributed by atoms with van der Waals surface area (Å²) in [5, 5.41) is 27.0. The van der Waals surface area contributed by atoms with Crippen molar-refractivity contribution in [2.24, 2.45) is 17.2 Å². The van der Waals surface area contributed by atoms with Crippen molar-refractivity contribution in [3.63, 3.8) is 0 Å². The Bertz CT molecular complexity index is 1770. The molecule has 12 heteroatoms. The highest BCUT2D eigenvalue weighted by atomic mass is 16.5. The van der Waals surface area contributed by atoms with Crippen molar-refractivity contribution in [1.29, 1.82) is 0 Å². The third-order valence-electron chi connectivity index (χ3n) is 7.07. The van der Waals surface area contributed by atoms with Crippen LogP contribution in [0, 0.1) is 0 Å². The summed E-state index contributed by atoms with van der Waals surface area (Å²) in [7, 11) is 0. The molecule has 0 radical (unpaired) electrons. The summed E-state index contributed by atoms with van der Waals surface area (Å²) in [4.78, 5) is 36.0. The van der Waals surface area contributed by atoms with E-state index in [1.165, 1.54) is 0 Å². The van der Waals surface area contributed by atoms with Gasteiger partial charge in [0.15, 0.2) is 0 Å². The molecular weight excluding hydrogens is 640 g/mol. The Hall–Kier alpha value is -5.66. The van der Waals surface area contributed by atoms with Crippen molar-refractivity contribution in [3.8, 4) is 5.75 Å². The summed E-state index contributed by atoms with van der Waals surface area (Å²) in [6, 6.07) is 35.5. The molecule has 0 aliphatic carbocycles. The van der Waals surface area contributed by atoms with Crippen LogP contribution >= 0.6 is 0 Å². The normalized spacial score (nSPS) is 12.2. The molecule has 0 saturated heterocycles. The first-order valence-corrected chi connectivity index (χ1v) is 15.7. The van der Waals surface area contributed by atoms with Crippen molar-refractivity contribution < 1.29 is 39.2 Å². The summed E-state index contributed by atoms with van der Waals surface area (Å²) in [5.41, 5.74) is 20.7. The average Bonchev–Trinajstić information content (AvgIpc) is 3.12. The minimum Gasteiger partial charge on any atom is -0.489 e. The number of pyridine rings is 1.